The number of benzene rings is 1. The van der Waals surface area contributed by atoms with Crippen molar-refractivity contribution in [1.82, 2.24) is 0 Å². The summed E-state index contributed by atoms with van der Waals surface area (Å²) in [6, 6.07) is 5.30. The van der Waals surface area contributed by atoms with Crippen LogP contribution in [0, 0.1) is 0 Å². The summed E-state index contributed by atoms with van der Waals surface area (Å²) in [5.74, 6) is 0.244. The SMILES string of the molecule is FC(F)Oc1c(Br)cccc1CCCBr. The van der Waals surface area contributed by atoms with Crippen LogP contribution in [0.1, 0.15) is 12.0 Å². The third kappa shape index (κ3) is 4.07. The molecule has 0 aliphatic rings. The third-order valence-electron chi connectivity index (χ3n) is 1.84. The summed E-state index contributed by atoms with van der Waals surface area (Å²) >= 11 is 6.50. The van der Waals surface area contributed by atoms with Gasteiger partial charge in [-0.25, -0.2) is 0 Å². The summed E-state index contributed by atoms with van der Waals surface area (Å²) in [7, 11) is 0. The maximum atomic E-state index is 12.2. The van der Waals surface area contributed by atoms with Gasteiger partial charge in [0.2, 0.25) is 0 Å². The topological polar surface area (TPSA) is 9.23 Å². The van der Waals surface area contributed by atoms with E-state index in [1.54, 1.807) is 12.1 Å². The van der Waals surface area contributed by atoms with E-state index in [9.17, 15) is 8.78 Å². The van der Waals surface area contributed by atoms with Crippen molar-refractivity contribution in [3.63, 3.8) is 0 Å². The highest BCUT2D eigenvalue weighted by Gasteiger charge is 2.12. The molecule has 0 aliphatic carbocycles. The molecule has 0 N–H and O–H groups in total. The fourth-order valence-corrected chi connectivity index (χ4v) is 2.01. The van der Waals surface area contributed by atoms with Crippen LogP contribution in [0.5, 0.6) is 5.75 Å². The van der Waals surface area contributed by atoms with Crippen LogP contribution < -0.4 is 4.74 Å². The van der Waals surface area contributed by atoms with Crippen molar-refractivity contribution in [2.45, 2.75) is 19.5 Å². The Labute approximate surface area is 104 Å². The zero-order chi connectivity index (χ0) is 11.3. The summed E-state index contributed by atoms with van der Waals surface area (Å²) in [6.45, 7) is -2.79. The van der Waals surface area contributed by atoms with Crippen molar-refractivity contribution < 1.29 is 13.5 Å². The summed E-state index contributed by atoms with van der Waals surface area (Å²) in [5.41, 5.74) is 0.795. The Bertz CT molecular complexity index is 318. The lowest BCUT2D eigenvalue weighted by molar-refractivity contribution is -0.0509. The molecule has 1 aromatic rings. The molecule has 84 valence electrons. The maximum absolute atomic E-state index is 12.2. The largest absolute Gasteiger partial charge is 0.433 e. The highest BCUT2D eigenvalue weighted by molar-refractivity contribution is 9.10. The molecular formula is C10H10Br2F2O. The molecule has 0 aromatic heterocycles. The molecule has 1 rings (SSSR count). The van der Waals surface area contributed by atoms with Crippen LogP contribution >= 0.6 is 31.9 Å². The van der Waals surface area contributed by atoms with E-state index in [0.717, 1.165) is 17.3 Å². The molecule has 15 heavy (non-hydrogen) atoms. The Morgan fingerprint density at radius 1 is 1.33 bits per heavy atom. The Balaban J connectivity index is 2.87. The highest BCUT2D eigenvalue weighted by atomic mass is 79.9. The lowest BCUT2D eigenvalue weighted by Crippen LogP contribution is -2.05. The molecule has 0 radical (unpaired) electrons. The van der Waals surface area contributed by atoms with Gasteiger partial charge in [0.1, 0.15) is 5.75 Å². The standard InChI is InChI=1S/C10H10Br2F2O/c11-6-2-4-7-3-1-5-8(12)9(7)15-10(13)14/h1,3,5,10H,2,4,6H2. The van der Waals surface area contributed by atoms with Gasteiger partial charge in [0.05, 0.1) is 4.47 Å². The second-order valence-corrected chi connectivity index (χ2v) is 4.55. The molecule has 1 nitrogen and oxygen atoms in total. The molecule has 0 amide bonds. The number of hydrogen-bond donors (Lipinski definition) is 0. The number of aryl methyl sites for hydroxylation is 1. The fourth-order valence-electron chi connectivity index (χ4n) is 1.23. The fraction of sp³-hybridized carbons (Fsp3) is 0.400. The van der Waals surface area contributed by atoms with Gasteiger partial charge in [0.25, 0.3) is 0 Å². The van der Waals surface area contributed by atoms with E-state index in [1.807, 2.05) is 6.07 Å². The highest BCUT2D eigenvalue weighted by Crippen LogP contribution is 2.31. The summed E-state index contributed by atoms with van der Waals surface area (Å²) in [6.07, 6.45) is 1.60. The molecule has 0 aliphatic heterocycles. The van der Waals surface area contributed by atoms with E-state index < -0.39 is 6.61 Å². The van der Waals surface area contributed by atoms with E-state index in [4.69, 9.17) is 0 Å². The average molecular weight is 344 g/mol. The lowest BCUT2D eigenvalue weighted by atomic mass is 10.1. The molecule has 0 unspecified atom stereocenters. The quantitative estimate of drug-likeness (QED) is 0.721. The molecular weight excluding hydrogens is 334 g/mol. The van der Waals surface area contributed by atoms with Crippen LogP contribution in [0.2, 0.25) is 0 Å². The molecule has 0 spiro atoms. The molecule has 0 heterocycles. The summed E-state index contributed by atoms with van der Waals surface area (Å²) < 4.78 is 29.3. The Morgan fingerprint density at radius 3 is 2.67 bits per heavy atom. The minimum Gasteiger partial charge on any atom is -0.433 e. The molecule has 0 atom stereocenters. The van der Waals surface area contributed by atoms with Crippen molar-refractivity contribution in [3.8, 4) is 5.75 Å². The minimum absolute atomic E-state index is 0.244. The molecule has 0 bridgehead atoms. The van der Waals surface area contributed by atoms with Gasteiger partial charge in [-0.1, -0.05) is 28.1 Å². The number of hydrogen-bond acceptors (Lipinski definition) is 1. The zero-order valence-electron chi connectivity index (χ0n) is 7.85. The number of para-hydroxylation sites is 1. The van der Waals surface area contributed by atoms with Crippen LogP contribution in [0.4, 0.5) is 8.78 Å². The first-order valence-electron chi connectivity index (χ1n) is 4.43. The predicted octanol–water partition coefficient (Wildman–Crippen LogP) is 4.38. The van der Waals surface area contributed by atoms with E-state index in [2.05, 4.69) is 36.6 Å². The van der Waals surface area contributed by atoms with Crippen LogP contribution in [0.3, 0.4) is 0 Å². The van der Waals surface area contributed by atoms with Crippen molar-refractivity contribution in [3.05, 3.63) is 28.2 Å². The molecule has 0 fully saturated rings. The second-order valence-electron chi connectivity index (χ2n) is 2.90. The average Bonchev–Trinajstić information content (AvgIpc) is 2.18. The van der Waals surface area contributed by atoms with Gasteiger partial charge < -0.3 is 4.74 Å². The van der Waals surface area contributed by atoms with Crippen LogP contribution in [-0.2, 0) is 6.42 Å². The Kier molecular flexibility index (Phi) is 5.53. The second kappa shape index (κ2) is 6.43. The van der Waals surface area contributed by atoms with Gasteiger partial charge in [0, 0.05) is 5.33 Å². The first-order valence-corrected chi connectivity index (χ1v) is 6.34. The van der Waals surface area contributed by atoms with Gasteiger partial charge in [-0.15, -0.1) is 0 Å². The third-order valence-corrected chi connectivity index (χ3v) is 3.02. The van der Waals surface area contributed by atoms with Crippen LogP contribution in [-0.4, -0.2) is 11.9 Å². The van der Waals surface area contributed by atoms with Gasteiger partial charge in [-0.3, -0.25) is 0 Å². The number of halogens is 4. The van der Waals surface area contributed by atoms with Crippen LogP contribution in [0.25, 0.3) is 0 Å². The molecule has 1 aromatic carbocycles. The van der Waals surface area contributed by atoms with Gasteiger partial charge >= 0.3 is 6.61 Å². The monoisotopic (exact) mass is 342 g/mol. The molecule has 0 saturated heterocycles. The van der Waals surface area contributed by atoms with E-state index >= 15 is 0 Å². The van der Waals surface area contributed by atoms with Gasteiger partial charge in [0.15, 0.2) is 0 Å². The van der Waals surface area contributed by atoms with Gasteiger partial charge in [-0.05, 0) is 40.4 Å². The van der Waals surface area contributed by atoms with Crippen molar-refractivity contribution in [2.75, 3.05) is 5.33 Å². The van der Waals surface area contributed by atoms with Gasteiger partial charge in [-0.2, -0.15) is 8.78 Å². The zero-order valence-corrected chi connectivity index (χ0v) is 11.0. The number of ether oxygens (including phenoxy) is 1. The van der Waals surface area contributed by atoms with Crippen molar-refractivity contribution >= 4 is 31.9 Å². The van der Waals surface area contributed by atoms with E-state index in [0.29, 0.717) is 10.9 Å². The predicted molar refractivity (Wildman–Crippen MR) is 62.9 cm³/mol. The first-order chi connectivity index (χ1) is 7.15. The Hall–Kier alpha value is -0.160. The molecule has 0 saturated carbocycles. The van der Waals surface area contributed by atoms with E-state index in [1.165, 1.54) is 0 Å². The number of rotatable bonds is 5. The normalized spacial score (nSPS) is 10.7. The lowest BCUT2D eigenvalue weighted by Gasteiger charge is -2.11. The first kappa shape index (κ1) is 12.9. The van der Waals surface area contributed by atoms with Crippen molar-refractivity contribution in [1.29, 1.82) is 0 Å². The van der Waals surface area contributed by atoms with Crippen LogP contribution in [0.15, 0.2) is 22.7 Å². The number of alkyl halides is 3. The smallest absolute Gasteiger partial charge is 0.387 e. The summed E-state index contributed by atoms with van der Waals surface area (Å²) in [4.78, 5) is 0. The molecule has 5 heteroatoms. The summed E-state index contributed by atoms with van der Waals surface area (Å²) in [5, 5.41) is 0.841. The Morgan fingerprint density at radius 2 is 2.07 bits per heavy atom. The van der Waals surface area contributed by atoms with E-state index in [-0.39, 0.29) is 5.75 Å². The minimum atomic E-state index is -2.79. The van der Waals surface area contributed by atoms with Crippen molar-refractivity contribution in [2.24, 2.45) is 0 Å². The maximum Gasteiger partial charge on any atom is 0.387 e.